The molecule has 0 aliphatic rings. The molecule has 0 spiro atoms. The van der Waals surface area contributed by atoms with Crippen molar-refractivity contribution < 1.29 is 22.7 Å². The van der Waals surface area contributed by atoms with Crippen molar-refractivity contribution in [2.45, 2.75) is 18.3 Å². The summed E-state index contributed by atoms with van der Waals surface area (Å²) >= 11 is 6.07. The lowest BCUT2D eigenvalue weighted by Gasteiger charge is -2.35. The van der Waals surface area contributed by atoms with Gasteiger partial charge in [-0.25, -0.2) is 4.79 Å². The molecule has 0 aliphatic heterocycles. The number of amides is 2. The zero-order valence-electron chi connectivity index (χ0n) is 18.8. The highest BCUT2D eigenvalue weighted by Crippen LogP contribution is 2.36. The molecule has 36 heavy (non-hydrogen) atoms. The molecular weight excluding hydrogens is 491 g/mol. The van der Waals surface area contributed by atoms with E-state index in [9.17, 15) is 18.0 Å². The van der Waals surface area contributed by atoms with Gasteiger partial charge in [-0.15, -0.1) is 13.2 Å². The summed E-state index contributed by atoms with van der Waals surface area (Å²) in [6, 6.07) is 26.2. The van der Waals surface area contributed by atoms with Crippen molar-refractivity contribution in [1.82, 2.24) is 10.3 Å². The van der Waals surface area contributed by atoms with Crippen LogP contribution in [0.15, 0.2) is 103 Å². The van der Waals surface area contributed by atoms with E-state index in [2.05, 4.69) is 20.4 Å². The standard InChI is InChI=1S/C27H21ClF3N3O2/c28-21-14-15-24(32-18-21)26(17-19-8-3-1-4-9-19,34-25(35)33-22-11-5-2-6-12-22)20-10-7-13-23(16-20)36-27(29,30)31/h1-16,18H,17H2,(H2,33,34,35)/t26-/m1/s1. The minimum Gasteiger partial charge on any atom is -0.406 e. The number of nitrogens with one attached hydrogen (secondary N) is 2. The van der Waals surface area contributed by atoms with Crippen LogP contribution < -0.4 is 15.4 Å². The molecule has 4 aromatic rings. The van der Waals surface area contributed by atoms with Gasteiger partial charge < -0.3 is 15.4 Å². The number of alkyl halides is 3. The van der Waals surface area contributed by atoms with Gasteiger partial charge in [0, 0.05) is 18.3 Å². The molecule has 1 aromatic heterocycles. The summed E-state index contributed by atoms with van der Waals surface area (Å²) in [5.74, 6) is -0.420. The summed E-state index contributed by atoms with van der Waals surface area (Å²) in [6.45, 7) is 0. The molecule has 0 radical (unpaired) electrons. The number of nitrogens with zero attached hydrogens (tertiary/aromatic N) is 1. The molecule has 184 valence electrons. The molecule has 2 amide bonds. The molecule has 9 heteroatoms. The first kappa shape index (κ1) is 25.1. The highest BCUT2D eigenvalue weighted by atomic mass is 35.5. The Bertz CT molecular complexity index is 1300. The van der Waals surface area contributed by atoms with Crippen molar-refractivity contribution in [3.05, 3.63) is 125 Å². The maximum absolute atomic E-state index is 13.3. The van der Waals surface area contributed by atoms with Crippen molar-refractivity contribution >= 4 is 23.3 Å². The Morgan fingerprint density at radius 3 is 2.22 bits per heavy atom. The van der Waals surface area contributed by atoms with Gasteiger partial charge in [0.1, 0.15) is 11.3 Å². The predicted octanol–water partition coefficient (Wildman–Crippen LogP) is 6.94. The third kappa shape index (κ3) is 6.34. The van der Waals surface area contributed by atoms with Crippen LogP contribution in [0.5, 0.6) is 5.75 Å². The Balaban J connectivity index is 1.85. The average molecular weight is 512 g/mol. The number of halogens is 4. The maximum atomic E-state index is 13.3. The van der Waals surface area contributed by atoms with E-state index in [4.69, 9.17) is 11.6 Å². The van der Waals surface area contributed by atoms with Crippen molar-refractivity contribution in [2.24, 2.45) is 0 Å². The van der Waals surface area contributed by atoms with Crippen LogP contribution in [-0.4, -0.2) is 17.4 Å². The van der Waals surface area contributed by atoms with Crippen LogP contribution in [0, 0.1) is 0 Å². The number of ether oxygens (including phenoxy) is 1. The number of carbonyl (C=O) groups excluding carboxylic acids is 1. The molecular formula is C27H21ClF3N3O2. The van der Waals surface area contributed by atoms with Crippen LogP contribution in [0.1, 0.15) is 16.8 Å². The van der Waals surface area contributed by atoms with Crippen LogP contribution in [-0.2, 0) is 12.0 Å². The molecule has 0 bridgehead atoms. The number of benzene rings is 3. The van der Waals surface area contributed by atoms with E-state index in [1.165, 1.54) is 24.4 Å². The second-order valence-corrected chi connectivity index (χ2v) is 8.39. The van der Waals surface area contributed by atoms with E-state index in [1.54, 1.807) is 42.5 Å². The summed E-state index contributed by atoms with van der Waals surface area (Å²) in [5.41, 5.74) is 0.697. The lowest BCUT2D eigenvalue weighted by Crippen LogP contribution is -2.50. The van der Waals surface area contributed by atoms with Crippen LogP contribution >= 0.6 is 11.6 Å². The summed E-state index contributed by atoms with van der Waals surface area (Å²) in [6.07, 6.45) is -3.28. The summed E-state index contributed by atoms with van der Waals surface area (Å²) in [4.78, 5) is 17.7. The quantitative estimate of drug-likeness (QED) is 0.282. The van der Waals surface area contributed by atoms with Gasteiger partial charge in [0.15, 0.2) is 0 Å². The molecule has 3 aromatic carbocycles. The molecule has 0 fully saturated rings. The second kappa shape index (κ2) is 10.7. The third-order valence-corrected chi connectivity index (χ3v) is 5.62. The largest absolute Gasteiger partial charge is 0.573 e. The summed E-state index contributed by atoms with van der Waals surface area (Å²) in [5, 5.41) is 6.12. The molecule has 5 nitrogen and oxygen atoms in total. The van der Waals surface area contributed by atoms with Crippen molar-refractivity contribution in [3.63, 3.8) is 0 Å². The Morgan fingerprint density at radius 1 is 0.889 bits per heavy atom. The van der Waals surface area contributed by atoms with Gasteiger partial charge >= 0.3 is 12.4 Å². The number of urea groups is 1. The number of pyridine rings is 1. The smallest absolute Gasteiger partial charge is 0.406 e. The SMILES string of the molecule is O=C(Nc1ccccc1)N[C@](Cc1ccccc1)(c1cccc(OC(F)(F)F)c1)c1ccc(Cl)cn1. The Morgan fingerprint density at radius 2 is 1.58 bits per heavy atom. The molecule has 4 rings (SSSR count). The topological polar surface area (TPSA) is 63.2 Å². The fourth-order valence-electron chi connectivity index (χ4n) is 3.89. The Kier molecular flexibility index (Phi) is 7.45. The van der Waals surface area contributed by atoms with Gasteiger partial charge in [-0.2, -0.15) is 0 Å². The lowest BCUT2D eigenvalue weighted by atomic mass is 9.80. The van der Waals surface area contributed by atoms with E-state index < -0.39 is 23.7 Å². The number of carbonyl (C=O) groups is 1. The van der Waals surface area contributed by atoms with Gasteiger partial charge in [0.05, 0.1) is 10.7 Å². The van der Waals surface area contributed by atoms with E-state index in [0.717, 1.165) is 5.56 Å². The average Bonchev–Trinajstić information content (AvgIpc) is 2.84. The van der Waals surface area contributed by atoms with E-state index in [-0.39, 0.29) is 6.42 Å². The Hall–Kier alpha value is -4.04. The zero-order chi connectivity index (χ0) is 25.6. The van der Waals surface area contributed by atoms with Crippen molar-refractivity contribution in [3.8, 4) is 5.75 Å². The van der Waals surface area contributed by atoms with Gasteiger partial charge in [0.25, 0.3) is 0 Å². The monoisotopic (exact) mass is 511 g/mol. The number of aromatic nitrogens is 1. The minimum atomic E-state index is -4.88. The first-order valence-electron chi connectivity index (χ1n) is 10.9. The number of rotatable bonds is 7. The van der Waals surface area contributed by atoms with Crippen LogP contribution in [0.25, 0.3) is 0 Å². The number of hydrogen-bond acceptors (Lipinski definition) is 3. The Labute approximate surface area is 210 Å². The second-order valence-electron chi connectivity index (χ2n) is 7.95. The molecule has 1 heterocycles. The van der Waals surface area contributed by atoms with Gasteiger partial charge in [-0.3, -0.25) is 4.98 Å². The first-order valence-corrected chi connectivity index (χ1v) is 11.3. The van der Waals surface area contributed by atoms with E-state index >= 15 is 0 Å². The van der Waals surface area contributed by atoms with Gasteiger partial charge in [-0.05, 0) is 47.5 Å². The fourth-order valence-corrected chi connectivity index (χ4v) is 4.00. The van der Waals surface area contributed by atoms with E-state index in [1.807, 2.05) is 36.4 Å². The third-order valence-electron chi connectivity index (χ3n) is 5.40. The molecule has 0 unspecified atom stereocenters. The number of anilines is 1. The highest BCUT2D eigenvalue weighted by molar-refractivity contribution is 6.30. The van der Waals surface area contributed by atoms with Crippen LogP contribution in [0.3, 0.4) is 0 Å². The molecule has 1 atom stereocenters. The van der Waals surface area contributed by atoms with Gasteiger partial charge in [-0.1, -0.05) is 72.3 Å². The summed E-state index contributed by atoms with van der Waals surface area (Å²) < 4.78 is 43.2. The molecule has 0 saturated heterocycles. The van der Waals surface area contributed by atoms with Crippen LogP contribution in [0.2, 0.25) is 5.02 Å². The van der Waals surface area contributed by atoms with E-state index in [0.29, 0.717) is 22.0 Å². The minimum absolute atomic E-state index is 0.181. The highest BCUT2D eigenvalue weighted by Gasteiger charge is 2.39. The van der Waals surface area contributed by atoms with Crippen molar-refractivity contribution in [1.29, 1.82) is 0 Å². The van der Waals surface area contributed by atoms with Crippen molar-refractivity contribution in [2.75, 3.05) is 5.32 Å². The fraction of sp³-hybridized carbons (Fsp3) is 0.111. The number of para-hydroxylation sites is 1. The lowest BCUT2D eigenvalue weighted by molar-refractivity contribution is -0.274. The van der Waals surface area contributed by atoms with Crippen LogP contribution in [0.4, 0.5) is 23.7 Å². The maximum Gasteiger partial charge on any atom is 0.573 e. The molecule has 0 saturated carbocycles. The molecule has 0 aliphatic carbocycles. The zero-order valence-corrected chi connectivity index (χ0v) is 19.6. The predicted molar refractivity (Wildman–Crippen MR) is 132 cm³/mol. The summed E-state index contributed by atoms with van der Waals surface area (Å²) in [7, 11) is 0. The van der Waals surface area contributed by atoms with Gasteiger partial charge in [0.2, 0.25) is 0 Å². The number of hydrogen-bond donors (Lipinski definition) is 2. The molecule has 2 N–H and O–H groups in total. The normalized spacial score (nSPS) is 12.9. The first-order chi connectivity index (χ1) is 17.2.